The van der Waals surface area contributed by atoms with Crippen LogP contribution in [0.1, 0.15) is 15.9 Å². The molecule has 0 bridgehead atoms. The van der Waals surface area contributed by atoms with Crippen LogP contribution in [0.25, 0.3) is 22.5 Å². The highest BCUT2D eigenvalue weighted by molar-refractivity contribution is 5.96. The van der Waals surface area contributed by atoms with E-state index in [0.717, 1.165) is 5.56 Å². The third-order valence-corrected chi connectivity index (χ3v) is 4.62. The van der Waals surface area contributed by atoms with Gasteiger partial charge in [-0.2, -0.15) is 0 Å². The molecule has 6 heteroatoms. The second kappa shape index (κ2) is 8.56. The zero-order valence-corrected chi connectivity index (χ0v) is 16.5. The SMILES string of the molecule is C=CCc1cc(-c2ccco2)cc(-c2c(C=O)cc(OC)c(OC)c2OC)c1O. The third-order valence-electron chi connectivity index (χ3n) is 4.62. The van der Waals surface area contributed by atoms with Gasteiger partial charge in [0.1, 0.15) is 11.5 Å². The van der Waals surface area contributed by atoms with Gasteiger partial charge in [-0.05, 0) is 42.3 Å². The average molecular weight is 394 g/mol. The summed E-state index contributed by atoms with van der Waals surface area (Å²) in [5.74, 6) is 1.61. The van der Waals surface area contributed by atoms with Gasteiger partial charge in [0.25, 0.3) is 0 Å². The lowest BCUT2D eigenvalue weighted by atomic mass is 9.92. The van der Waals surface area contributed by atoms with Gasteiger partial charge in [0, 0.05) is 22.3 Å². The number of aldehydes is 1. The summed E-state index contributed by atoms with van der Waals surface area (Å²) in [7, 11) is 4.42. The minimum atomic E-state index is 0.0221. The van der Waals surface area contributed by atoms with Crippen molar-refractivity contribution < 1.29 is 28.5 Å². The first kappa shape index (κ1) is 20.1. The fourth-order valence-electron chi connectivity index (χ4n) is 3.33. The van der Waals surface area contributed by atoms with E-state index in [0.29, 0.717) is 46.7 Å². The maximum absolute atomic E-state index is 11.9. The van der Waals surface area contributed by atoms with Crippen LogP contribution >= 0.6 is 0 Å². The van der Waals surface area contributed by atoms with Crippen LogP contribution < -0.4 is 14.2 Å². The molecule has 0 amide bonds. The highest BCUT2D eigenvalue weighted by Gasteiger charge is 2.25. The molecule has 0 radical (unpaired) electrons. The van der Waals surface area contributed by atoms with Crippen molar-refractivity contribution in [3.05, 3.63) is 60.4 Å². The number of phenols is 1. The topological polar surface area (TPSA) is 78.1 Å². The lowest BCUT2D eigenvalue weighted by Gasteiger charge is -2.20. The van der Waals surface area contributed by atoms with E-state index < -0.39 is 0 Å². The Bertz CT molecular complexity index is 1030. The standard InChI is InChI=1S/C23H22O6/c1-5-7-14-10-15(18-8-6-9-29-18)11-17(21(14)25)20-16(13-24)12-19(26-2)22(27-3)23(20)28-4/h5-6,8-13,25H,1,7H2,2-4H3. The molecule has 0 fully saturated rings. The molecule has 3 aromatic rings. The first-order valence-electron chi connectivity index (χ1n) is 8.88. The Kier molecular flexibility index (Phi) is 5.93. The summed E-state index contributed by atoms with van der Waals surface area (Å²) in [6.45, 7) is 3.76. The lowest BCUT2D eigenvalue weighted by Crippen LogP contribution is -2.01. The van der Waals surface area contributed by atoms with E-state index in [2.05, 4.69) is 6.58 Å². The molecule has 0 unspecified atom stereocenters. The number of aromatic hydroxyl groups is 1. The first-order valence-corrected chi connectivity index (χ1v) is 8.88. The Morgan fingerprint density at radius 3 is 2.41 bits per heavy atom. The van der Waals surface area contributed by atoms with Crippen molar-refractivity contribution in [2.75, 3.05) is 21.3 Å². The molecule has 0 saturated carbocycles. The number of methoxy groups -OCH3 is 3. The fourth-order valence-corrected chi connectivity index (χ4v) is 3.33. The Balaban J connectivity index is 2.40. The van der Waals surface area contributed by atoms with Crippen molar-refractivity contribution in [1.82, 2.24) is 0 Å². The Morgan fingerprint density at radius 1 is 1.10 bits per heavy atom. The van der Waals surface area contributed by atoms with Crippen LogP contribution in [-0.2, 0) is 6.42 Å². The summed E-state index contributed by atoms with van der Waals surface area (Å²) >= 11 is 0. The molecule has 0 aliphatic heterocycles. The van der Waals surface area contributed by atoms with Crippen molar-refractivity contribution in [3.8, 4) is 45.4 Å². The quantitative estimate of drug-likeness (QED) is 0.433. The van der Waals surface area contributed by atoms with Crippen LogP contribution in [-0.4, -0.2) is 32.7 Å². The zero-order chi connectivity index (χ0) is 21.0. The van der Waals surface area contributed by atoms with E-state index in [9.17, 15) is 9.90 Å². The van der Waals surface area contributed by atoms with Gasteiger partial charge in [0.05, 0.1) is 27.6 Å². The highest BCUT2D eigenvalue weighted by Crippen LogP contribution is 2.49. The second-order valence-electron chi connectivity index (χ2n) is 6.23. The number of carbonyl (C=O) groups excluding carboxylic acids is 1. The molecule has 6 nitrogen and oxygen atoms in total. The van der Waals surface area contributed by atoms with E-state index in [1.807, 2.05) is 12.1 Å². The predicted octanol–water partition coefficient (Wildman–Crippen LogP) is 4.89. The predicted molar refractivity (Wildman–Crippen MR) is 110 cm³/mol. The van der Waals surface area contributed by atoms with Gasteiger partial charge in [-0.15, -0.1) is 6.58 Å². The van der Waals surface area contributed by atoms with E-state index in [-0.39, 0.29) is 17.1 Å². The lowest BCUT2D eigenvalue weighted by molar-refractivity contribution is 0.112. The molecule has 1 aromatic heterocycles. The van der Waals surface area contributed by atoms with Crippen molar-refractivity contribution in [2.45, 2.75) is 6.42 Å². The van der Waals surface area contributed by atoms with Crippen molar-refractivity contribution in [3.63, 3.8) is 0 Å². The average Bonchev–Trinajstić information content (AvgIpc) is 3.28. The minimum absolute atomic E-state index is 0.0221. The molecule has 3 rings (SSSR count). The van der Waals surface area contributed by atoms with Crippen LogP contribution in [0.3, 0.4) is 0 Å². The summed E-state index contributed by atoms with van der Waals surface area (Å²) in [4.78, 5) is 11.9. The van der Waals surface area contributed by atoms with Gasteiger partial charge in [-0.1, -0.05) is 6.08 Å². The van der Waals surface area contributed by atoms with Crippen LogP contribution in [0.15, 0.2) is 53.7 Å². The van der Waals surface area contributed by atoms with Gasteiger partial charge < -0.3 is 23.7 Å². The van der Waals surface area contributed by atoms with Crippen molar-refractivity contribution in [1.29, 1.82) is 0 Å². The molecule has 0 saturated heterocycles. The zero-order valence-electron chi connectivity index (χ0n) is 16.5. The van der Waals surface area contributed by atoms with E-state index in [4.69, 9.17) is 18.6 Å². The molecule has 29 heavy (non-hydrogen) atoms. The summed E-state index contributed by atoms with van der Waals surface area (Å²) in [6, 6.07) is 8.73. The monoisotopic (exact) mass is 394 g/mol. The van der Waals surface area contributed by atoms with E-state index in [1.165, 1.54) is 21.3 Å². The molecule has 0 aliphatic carbocycles. The number of phenolic OH excluding ortho intramolecular Hbond substituents is 1. The molecule has 0 aliphatic rings. The molecule has 150 valence electrons. The highest BCUT2D eigenvalue weighted by atomic mass is 16.5. The van der Waals surface area contributed by atoms with E-state index in [1.54, 1.807) is 30.5 Å². The summed E-state index contributed by atoms with van der Waals surface area (Å²) in [6.07, 6.45) is 4.38. The van der Waals surface area contributed by atoms with Gasteiger partial charge in [-0.3, -0.25) is 4.79 Å². The molecule has 1 N–H and O–H groups in total. The maximum atomic E-state index is 11.9. The van der Waals surface area contributed by atoms with Crippen LogP contribution in [0.2, 0.25) is 0 Å². The summed E-state index contributed by atoms with van der Waals surface area (Å²) in [5.41, 5.74) is 2.48. The largest absolute Gasteiger partial charge is 0.507 e. The molecular formula is C23H22O6. The number of benzene rings is 2. The number of hydrogen-bond acceptors (Lipinski definition) is 6. The smallest absolute Gasteiger partial charge is 0.203 e. The normalized spacial score (nSPS) is 10.4. The number of ether oxygens (including phenoxy) is 3. The van der Waals surface area contributed by atoms with Crippen molar-refractivity contribution in [2.24, 2.45) is 0 Å². The van der Waals surface area contributed by atoms with Gasteiger partial charge in [0.15, 0.2) is 17.8 Å². The van der Waals surface area contributed by atoms with Crippen LogP contribution in [0, 0.1) is 0 Å². The Hall–Kier alpha value is -3.67. The molecular weight excluding hydrogens is 372 g/mol. The van der Waals surface area contributed by atoms with Gasteiger partial charge >= 0.3 is 0 Å². The Morgan fingerprint density at radius 2 is 1.86 bits per heavy atom. The molecule has 1 heterocycles. The molecule has 0 spiro atoms. The third kappa shape index (κ3) is 3.57. The van der Waals surface area contributed by atoms with Gasteiger partial charge in [-0.25, -0.2) is 0 Å². The number of rotatable bonds is 8. The second-order valence-corrected chi connectivity index (χ2v) is 6.23. The maximum Gasteiger partial charge on any atom is 0.203 e. The first-order chi connectivity index (χ1) is 14.1. The van der Waals surface area contributed by atoms with Gasteiger partial charge in [0.2, 0.25) is 5.75 Å². The van der Waals surface area contributed by atoms with Crippen LogP contribution in [0.4, 0.5) is 0 Å². The molecule has 0 atom stereocenters. The minimum Gasteiger partial charge on any atom is -0.507 e. The summed E-state index contributed by atoms with van der Waals surface area (Å²) < 4.78 is 21.9. The summed E-state index contributed by atoms with van der Waals surface area (Å²) in [5, 5.41) is 11.0. The number of allylic oxidation sites excluding steroid dienone is 1. The van der Waals surface area contributed by atoms with Crippen molar-refractivity contribution >= 4 is 6.29 Å². The number of carbonyl (C=O) groups is 1. The van der Waals surface area contributed by atoms with Crippen LogP contribution in [0.5, 0.6) is 23.0 Å². The number of hydrogen-bond donors (Lipinski definition) is 1. The fraction of sp³-hybridized carbons (Fsp3) is 0.174. The van der Waals surface area contributed by atoms with E-state index >= 15 is 0 Å². The molecule has 2 aromatic carbocycles. The number of furan rings is 1. The Labute approximate surface area is 169 Å².